The van der Waals surface area contributed by atoms with Gasteiger partial charge in [0.25, 0.3) is 5.88 Å². The predicted molar refractivity (Wildman–Crippen MR) is 81.7 cm³/mol. The molecule has 1 amide bonds. The number of aromatic nitrogens is 1. The van der Waals surface area contributed by atoms with Crippen LogP contribution < -0.4 is 10.1 Å². The highest BCUT2D eigenvalue weighted by atomic mass is 16.5. The molecule has 2 saturated heterocycles. The number of hydrogen-bond donors (Lipinski definition) is 1. The zero-order valence-electron chi connectivity index (χ0n) is 13.2. The molecular formula is C16H25N3O3. The first-order valence-electron chi connectivity index (χ1n) is 8.27. The Morgan fingerprint density at radius 3 is 3.23 bits per heavy atom. The number of nitrogens with zero attached hydrogens (tertiary/aromatic N) is 2. The van der Waals surface area contributed by atoms with E-state index >= 15 is 0 Å². The molecule has 1 aromatic rings. The Morgan fingerprint density at radius 2 is 2.41 bits per heavy atom. The summed E-state index contributed by atoms with van der Waals surface area (Å²) in [6, 6.07) is 2.17. The van der Waals surface area contributed by atoms with Crippen molar-refractivity contribution in [2.75, 3.05) is 26.7 Å². The summed E-state index contributed by atoms with van der Waals surface area (Å²) in [6.45, 7) is 2.97. The number of ether oxygens (including phenoxy) is 1. The molecule has 0 aliphatic carbocycles. The minimum absolute atomic E-state index is 0.245. The monoisotopic (exact) mass is 307 g/mol. The molecule has 6 nitrogen and oxygen atoms in total. The molecule has 0 saturated carbocycles. The van der Waals surface area contributed by atoms with E-state index in [4.69, 9.17) is 9.26 Å². The molecule has 0 radical (unpaired) electrons. The number of carbonyl (C=O) groups is 1. The number of hydrogen-bond acceptors (Lipinski definition) is 5. The SMILES string of the molecule is COc1cc(CCC(=O)N2CCCC[C@H]3CNCC[C@H]32)on1. The van der Waals surface area contributed by atoms with Crippen LogP contribution in [0.1, 0.15) is 37.9 Å². The van der Waals surface area contributed by atoms with Crippen molar-refractivity contribution >= 4 is 5.91 Å². The molecule has 3 rings (SSSR count). The van der Waals surface area contributed by atoms with Gasteiger partial charge in [-0.3, -0.25) is 4.79 Å². The Balaban J connectivity index is 1.59. The lowest BCUT2D eigenvalue weighted by Gasteiger charge is -2.38. The van der Waals surface area contributed by atoms with E-state index in [2.05, 4.69) is 15.4 Å². The second-order valence-electron chi connectivity index (χ2n) is 6.24. The van der Waals surface area contributed by atoms with Crippen molar-refractivity contribution < 1.29 is 14.1 Å². The van der Waals surface area contributed by atoms with Gasteiger partial charge in [-0.25, -0.2) is 0 Å². The van der Waals surface area contributed by atoms with Gasteiger partial charge >= 0.3 is 0 Å². The van der Waals surface area contributed by atoms with Crippen molar-refractivity contribution in [1.29, 1.82) is 0 Å². The number of aryl methyl sites for hydroxylation is 1. The van der Waals surface area contributed by atoms with Crippen molar-refractivity contribution in [1.82, 2.24) is 15.4 Å². The number of amides is 1. The molecule has 1 N–H and O–H groups in total. The Bertz CT molecular complexity index is 503. The topological polar surface area (TPSA) is 67.6 Å². The molecule has 6 heteroatoms. The largest absolute Gasteiger partial charge is 0.479 e. The van der Waals surface area contributed by atoms with E-state index in [1.807, 2.05) is 0 Å². The van der Waals surface area contributed by atoms with E-state index in [0.29, 0.717) is 36.4 Å². The van der Waals surface area contributed by atoms with Crippen molar-refractivity contribution in [2.45, 2.75) is 44.6 Å². The van der Waals surface area contributed by atoms with Gasteiger partial charge in [-0.1, -0.05) is 6.42 Å². The van der Waals surface area contributed by atoms with Gasteiger partial charge in [0.15, 0.2) is 0 Å². The summed E-state index contributed by atoms with van der Waals surface area (Å²) in [5, 5.41) is 7.24. The van der Waals surface area contributed by atoms with Crippen LogP contribution in [0.2, 0.25) is 0 Å². The van der Waals surface area contributed by atoms with Crippen molar-refractivity contribution in [3.8, 4) is 5.88 Å². The molecular weight excluding hydrogens is 282 g/mol. The van der Waals surface area contributed by atoms with Gasteiger partial charge in [-0.15, -0.1) is 0 Å². The Labute approximate surface area is 131 Å². The molecule has 22 heavy (non-hydrogen) atoms. The number of likely N-dealkylation sites (tertiary alicyclic amines) is 1. The van der Waals surface area contributed by atoms with Gasteiger partial charge in [0, 0.05) is 31.5 Å². The lowest BCUT2D eigenvalue weighted by atomic mass is 9.89. The highest BCUT2D eigenvalue weighted by Crippen LogP contribution is 2.27. The number of methoxy groups -OCH3 is 1. The maximum absolute atomic E-state index is 12.7. The normalized spacial score (nSPS) is 25.4. The van der Waals surface area contributed by atoms with Crippen LogP contribution in [-0.2, 0) is 11.2 Å². The minimum atomic E-state index is 0.245. The molecule has 0 spiro atoms. The minimum Gasteiger partial charge on any atom is -0.479 e. The molecule has 122 valence electrons. The molecule has 2 atom stereocenters. The molecule has 2 aliphatic rings. The van der Waals surface area contributed by atoms with Gasteiger partial charge in [0.1, 0.15) is 5.76 Å². The first-order valence-corrected chi connectivity index (χ1v) is 8.27. The summed E-state index contributed by atoms with van der Waals surface area (Å²) >= 11 is 0. The zero-order valence-corrected chi connectivity index (χ0v) is 13.2. The number of carbonyl (C=O) groups excluding carboxylic acids is 1. The second kappa shape index (κ2) is 7.13. The van der Waals surface area contributed by atoms with E-state index in [0.717, 1.165) is 32.5 Å². The number of fused-ring (bicyclic) bond motifs is 1. The number of nitrogens with one attached hydrogen (secondary N) is 1. The van der Waals surface area contributed by atoms with Crippen LogP contribution in [0.15, 0.2) is 10.6 Å². The first kappa shape index (κ1) is 15.3. The Kier molecular flexibility index (Phi) is 4.97. The van der Waals surface area contributed by atoms with E-state index < -0.39 is 0 Å². The van der Waals surface area contributed by atoms with E-state index in [1.165, 1.54) is 12.8 Å². The average molecular weight is 307 g/mol. The Morgan fingerprint density at radius 1 is 1.50 bits per heavy atom. The summed E-state index contributed by atoms with van der Waals surface area (Å²) in [6.07, 6.45) is 5.73. The quantitative estimate of drug-likeness (QED) is 0.915. The molecule has 2 fully saturated rings. The fraction of sp³-hybridized carbons (Fsp3) is 0.750. The van der Waals surface area contributed by atoms with E-state index in [-0.39, 0.29) is 5.91 Å². The maximum atomic E-state index is 12.7. The summed E-state index contributed by atoms with van der Waals surface area (Å²) in [5.41, 5.74) is 0. The third-order valence-electron chi connectivity index (χ3n) is 4.84. The van der Waals surface area contributed by atoms with Crippen LogP contribution in [-0.4, -0.2) is 48.7 Å². The van der Waals surface area contributed by atoms with Gasteiger partial charge in [-0.2, -0.15) is 0 Å². The molecule has 1 aromatic heterocycles. The third kappa shape index (κ3) is 3.43. The lowest BCUT2D eigenvalue weighted by Crippen LogP contribution is -2.51. The standard InChI is InChI=1S/C16H25N3O3/c1-21-15-10-13(22-18-15)5-6-16(20)19-9-3-2-4-12-11-17-8-7-14(12)19/h10,12,14,17H,2-9,11H2,1H3/t12-,14+/m0/s1. The number of rotatable bonds is 4. The second-order valence-corrected chi connectivity index (χ2v) is 6.24. The molecule has 0 aromatic carbocycles. The highest BCUT2D eigenvalue weighted by Gasteiger charge is 2.34. The van der Waals surface area contributed by atoms with Crippen LogP contribution >= 0.6 is 0 Å². The number of piperidine rings is 1. The molecule has 3 heterocycles. The van der Waals surface area contributed by atoms with Gasteiger partial charge in [0.2, 0.25) is 5.91 Å². The van der Waals surface area contributed by atoms with Gasteiger partial charge in [-0.05, 0) is 43.4 Å². The first-order chi connectivity index (χ1) is 10.8. The molecule has 0 bridgehead atoms. The third-order valence-corrected chi connectivity index (χ3v) is 4.84. The zero-order chi connectivity index (χ0) is 15.4. The summed E-state index contributed by atoms with van der Waals surface area (Å²) in [5.74, 6) is 2.04. The predicted octanol–water partition coefficient (Wildman–Crippen LogP) is 1.61. The Hall–Kier alpha value is -1.56. The van der Waals surface area contributed by atoms with Gasteiger partial charge < -0.3 is 19.5 Å². The van der Waals surface area contributed by atoms with Crippen molar-refractivity contribution in [3.63, 3.8) is 0 Å². The molecule has 0 unspecified atom stereocenters. The smallest absolute Gasteiger partial charge is 0.254 e. The van der Waals surface area contributed by atoms with Crippen LogP contribution in [0.5, 0.6) is 5.88 Å². The summed E-state index contributed by atoms with van der Waals surface area (Å²) < 4.78 is 10.2. The fourth-order valence-corrected chi connectivity index (χ4v) is 3.66. The van der Waals surface area contributed by atoms with Crippen LogP contribution in [0.3, 0.4) is 0 Å². The van der Waals surface area contributed by atoms with Gasteiger partial charge in [0.05, 0.1) is 7.11 Å². The average Bonchev–Trinajstić information content (AvgIpc) is 2.91. The van der Waals surface area contributed by atoms with Crippen LogP contribution in [0.25, 0.3) is 0 Å². The van der Waals surface area contributed by atoms with Crippen LogP contribution in [0, 0.1) is 5.92 Å². The lowest BCUT2D eigenvalue weighted by molar-refractivity contribution is -0.134. The van der Waals surface area contributed by atoms with E-state index in [9.17, 15) is 4.79 Å². The van der Waals surface area contributed by atoms with E-state index in [1.54, 1.807) is 13.2 Å². The molecule has 2 aliphatic heterocycles. The van der Waals surface area contributed by atoms with Crippen molar-refractivity contribution in [3.05, 3.63) is 11.8 Å². The maximum Gasteiger partial charge on any atom is 0.254 e. The van der Waals surface area contributed by atoms with Crippen LogP contribution in [0.4, 0.5) is 0 Å². The summed E-state index contributed by atoms with van der Waals surface area (Å²) in [7, 11) is 1.56. The fourth-order valence-electron chi connectivity index (χ4n) is 3.66. The van der Waals surface area contributed by atoms with Crippen molar-refractivity contribution in [2.24, 2.45) is 5.92 Å². The highest BCUT2D eigenvalue weighted by molar-refractivity contribution is 5.76. The summed E-state index contributed by atoms with van der Waals surface area (Å²) in [4.78, 5) is 14.8.